The second-order valence-corrected chi connectivity index (χ2v) is 6.05. The van der Waals surface area contributed by atoms with Gasteiger partial charge >= 0.3 is 0 Å². The second kappa shape index (κ2) is 3.52. The number of nitrogens with zero attached hydrogens (tertiary/aromatic N) is 1. The maximum atomic E-state index is 2.67. The molecule has 0 N–H and O–H groups in total. The molecule has 2 rings (SSSR count). The molecule has 1 heteroatoms. The van der Waals surface area contributed by atoms with Crippen LogP contribution in [0.1, 0.15) is 47.0 Å². The fraction of sp³-hybridized carbons (Fsp3) is 1.00. The van der Waals surface area contributed by atoms with Crippen molar-refractivity contribution in [3.8, 4) is 0 Å². The van der Waals surface area contributed by atoms with Crippen LogP contribution in [0.5, 0.6) is 0 Å². The van der Waals surface area contributed by atoms with Gasteiger partial charge in [-0.1, -0.05) is 13.8 Å². The Morgan fingerprint density at radius 1 is 1.07 bits per heavy atom. The Hall–Kier alpha value is -0.0400. The zero-order valence-corrected chi connectivity index (χ0v) is 10.2. The summed E-state index contributed by atoms with van der Waals surface area (Å²) in [5.41, 5.74) is 0.791. The van der Waals surface area contributed by atoms with Gasteiger partial charge in [-0.2, -0.15) is 0 Å². The molecule has 1 nitrogen and oxygen atoms in total. The first-order valence-corrected chi connectivity index (χ1v) is 6.29. The Kier molecular flexibility index (Phi) is 2.63. The lowest BCUT2D eigenvalue weighted by molar-refractivity contribution is 0.0546. The molecule has 0 aromatic rings. The normalized spacial score (nSPS) is 31.7. The van der Waals surface area contributed by atoms with E-state index in [0.29, 0.717) is 0 Å². The van der Waals surface area contributed by atoms with Crippen LogP contribution >= 0.6 is 0 Å². The standard InChI is InChI=1S/C13H25N/c1-10(2)12-9-14(11(3)4)8-7-13(12)5-6-13/h10-12H,5-9H2,1-4H3. The maximum absolute atomic E-state index is 2.67. The summed E-state index contributed by atoms with van der Waals surface area (Å²) in [5, 5.41) is 0. The van der Waals surface area contributed by atoms with E-state index in [1.807, 2.05) is 0 Å². The van der Waals surface area contributed by atoms with E-state index in [-0.39, 0.29) is 0 Å². The summed E-state index contributed by atoms with van der Waals surface area (Å²) in [6.45, 7) is 12.2. The molecule has 82 valence electrons. The largest absolute Gasteiger partial charge is 0.301 e. The molecule has 14 heavy (non-hydrogen) atoms. The van der Waals surface area contributed by atoms with Crippen LogP contribution in [0.15, 0.2) is 0 Å². The van der Waals surface area contributed by atoms with Crippen molar-refractivity contribution in [3.63, 3.8) is 0 Å². The van der Waals surface area contributed by atoms with E-state index in [0.717, 1.165) is 23.3 Å². The van der Waals surface area contributed by atoms with Gasteiger partial charge in [-0.15, -0.1) is 0 Å². The Balaban J connectivity index is 2.03. The maximum Gasteiger partial charge on any atom is 0.00387 e. The average molecular weight is 195 g/mol. The van der Waals surface area contributed by atoms with E-state index in [1.54, 1.807) is 0 Å². The van der Waals surface area contributed by atoms with E-state index >= 15 is 0 Å². The molecule has 1 aliphatic heterocycles. The molecule has 1 saturated carbocycles. The van der Waals surface area contributed by atoms with E-state index in [2.05, 4.69) is 32.6 Å². The lowest BCUT2D eigenvalue weighted by Crippen LogP contribution is -2.46. The van der Waals surface area contributed by atoms with Crippen molar-refractivity contribution in [3.05, 3.63) is 0 Å². The predicted molar refractivity (Wildman–Crippen MR) is 61.3 cm³/mol. The SMILES string of the molecule is CC(C)C1CN(C(C)C)CCC12CC2. The molecule has 1 heterocycles. The summed E-state index contributed by atoms with van der Waals surface area (Å²) in [4.78, 5) is 2.67. The third kappa shape index (κ3) is 1.71. The van der Waals surface area contributed by atoms with Gasteiger partial charge in [0.2, 0.25) is 0 Å². The first-order valence-electron chi connectivity index (χ1n) is 6.29. The molecule has 1 unspecified atom stereocenters. The summed E-state index contributed by atoms with van der Waals surface area (Å²) in [6, 6.07) is 0.743. The Bertz CT molecular complexity index is 203. The molecule has 1 saturated heterocycles. The predicted octanol–water partition coefficient (Wildman–Crippen LogP) is 3.15. The lowest BCUT2D eigenvalue weighted by atomic mass is 9.75. The minimum Gasteiger partial charge on any atom is -0.301 e. The van der Waals surface area contributed by atoms with Crippen LogP contribution in [-0.4, -0.2) is 24.0 Å². The highest BCUT2D eigenvalue weighted by molar-refractivity contribution is 5.03. The number of rotatable bonds is 2. The number of hydrogen-bond acceptors (Lipinski definition) is 1. The van der Waals surface area contributed by atoms with Gasteiger partial charge in [-0.3, -0.25) is 0 Å². The number of likely N-dealkylation sites (tertiary alicyclic amines) is 1. The van der Waals surface area contributed by atoms with Crippen molar-refractivity contribution in [2.75, 3.05) is 13.1 Å². The van der Waals surface area contributed by atoms with Gasteiger partial charge in [0, 0.05) is 12.6 Å². The summed E-state index contributed by atoms with van der Waals surface area (Å²) < 4.78 is 0. The molecule has 2 aliphatic rings. The summed E-state index contributed by atoms with van der Waals surface area (Å²) in [7, 11) is 0. The highest BCUT2D eigenvalue weighted by Crippen LogP contribution is 2.59. The lowest BCUT2D eigenvalue weighted by Gasteiger charge is -2.43. The molecule has 2 fully saturated rings. The van der Waals surface area contributed by atoms with Crippen LogP contribution in [0.3, 0.4) is 0 Å². The Morgan fingerprint density at radius 3 is 2.14 bits per heavy atom. The molecular formula is C13H25N. The number of piperidine rings is 1. The van der Waals surface area contributed by atoms with E-state index < -0.39 is 0 Å². The summed E-state index contributed by atoms with van der Waals surface area (Å²) in [6.07, 6.45) is 4.50. The Labute approximate surface area is 88.9 Å². The second-order valence-electron chi connectivity index (χ2n) is 6.05. The van der Waals surface area contributed by atoms with Crippen molar-refractivity contribution < 1.29 is 0 Å². The van der Waals surface area contributed by atoms with Crippen LogP contribution < -0.4 is 0 Å². The minimum atomic E-state index is 0.743. The molecule has 0 aromatic heterocycles. The molecule has 0 bridgehead atoms. The van der Waals surface area contributed by atoms with Crippen molar-refractivity contribution >= 4 is 0 Å². The quantitative estimate of drug-likeness (QED) is 0.654. The monoisotopic (exact) mass is 195 g/mol. The fourth-order valence-electron chi connectivity index (χ4n) is 3.26. The Morgan fingerprint density at radius 2 is 1.71 bits per heavy atom. The van der Waals surface area contributed by atoms with Gasteiger partial charge in [-0.05, 0) is 56.9 Å². The van der Waals surface area contributed by atoms with E-state index in [4.69, 9.17) is 0 Å². The highest BCUT2D eigenvalue weighted by atomic mass is 15.2. The fourth-order valence-corrected chi connectivity index (χ4v) is 3.26. The van der Waals surface area contributed by atoms with Gasteiger partial charge in [0.1, 0.15) is 0 Å². The van der Waals surface area contributed by atoms with Crippen molar-refractivity contribution in [2.45, 2.75) is 53.0 Å². The van der Waals surface area contributed by atoms with Gasteiger partial charge in [0.15, 0.2) is 0 Å². The molecular weight excluding hydrogens is 170 g/mol. The zero-order valence-electron chi connectivity index (χ0n) is 10.2. The van der Waals surface area contributed by atoms with Crippen LogP contribution in [0.25, 0.3) is 0 Å². The highest BCUT2D eigenvalue weighted by Gasteiger charge is 2.52. The van der Waals surface area contributed by atoms with Crippen LogP contribution in [0, 0.1) is 17.3 Å². The number of hydrogen-bond donors (Lipinski definition) is 0. The van der Waals surface area contributed by atoms with Gasteiger partial charge < -0.3 is 4.90 Å². The zero-order chi connectivity index (χ0) is 10.3. The molecule has 1 spiro atoms. The molecule has 0 aromatic carbocycles. The molecule has 1 atom stereocenters. The van der Waals surface area contributed by atoms with Crippen molar-refractivity contribution in [1.82, 2.24) is 4.90 Å². The molecule has 0 amide bonds. The smallest absolute Gasteiger partial charge is 0.00387 e. The first kappa shape index (κ1) is 10.5. The summed E-state index contributed by atoms with van der Waals surface area (Å²) in [5.74, 6) is 1.85. The van der Waals surface area contributed by atoms with Crippen LogP contribution in [-0.2, 0) is 0 Å². The minimum absolute atomic E-state index is 0.743. The van der Waals surface area contributed by atoms with Gasteiger partial charge in [0.05, 0.1) is 0 Å². The summed E-state index contributed by atoms with van der Waals surface area (Å²) >= 11 is 0. The van der Waals surface area contributed by atoms with Crippen molar-refractivity contribution in [2.24, 2.45) is 17.3 Å². The van der Waals surface area contributed by atoms with E-state index in [9.17, 15) is 0 Å². The first-order chi connectivity index (χ1) is 6.55. The third-order valence-corrected chi connectivity index (χ3v) is 4.54. The average Bonchev–Trinajstić information content (AvgIpc) is 2.85. The third-order valence-electron chi connectivity index (χ3n) is 4.54. The van der Waals surface area contributed by atoms with Crippen LogP contribution in [0.4, 0.5) is 0 Å². The van der Waals surface area contributed by atoms with Gasteiger partial charge in [0.25, 0.3) is 0 Å². The molecule has 1 aliphatic carbocycles. The topological polar surface area (TPSA) is 3.24 Å². The van der Waals surface area contributed by atoms with Crippen LogP contribution in [0.2, 0.25) is 0 Å². The van der Waals surface area contributed by atoms with Crippen molar-refractivity contribution in [1.29, 1.82) is 0 Å². The van der Waals surface area contributed by atoms with E-state index in [1.165, 1.54) is 32.4 Å². The van der Waals surface area contributed by atoms with Gasteiger partial charge in [-0.25, -0.2) is 0 Å². The molecule has 0 radical (unpaired) electrons.